The Morgan fingerprint density at radius 3 is 2.65 bits per heavy atom. The smallest absolute Gasteiger partial charge is 0.138 e. The van der Waals surface area contributed by atoms with E-state index in [0.717, 1.165) is 33.7 Å². The van der Waals surface area contributed by atoms with E-state index < -0.39 is 0 Å². The maximum Gasteiger partial charge on any atom is 0.138 e. The number of benzene rings is 2. The summed E-state index contributed by atoms with van der Waals surface area (Å²) in [5, 5.41) is 0. The van der Waals surface area contributed by atoms with Gasteiger partial charge in [-0.3, -0.25) is 0 Å². The van der Waals surface area contributed by atoms with E-state index in [1.165, 1.54) is 0 Å². The van der Waals surface area contributed by atoms with E-state index in [2.05, 4.69) is 9.97 Å². The Morgan fingerprint density at radius 2 is 1.88 bits per heavy atom. The molecule has 2 aromatic carbocycles. The number of nitrogens with zero attached hydrogens (tertiary/aromatic N) is 1. The minimum absolute atomic E-state index is 0.762. The van der Waals surface area contributed by atoms with Crippen LogP contribution in [0.2, 0.25) is 0 Å². The predicted octanol–water partition coefficient (Wildman–Crippen LogP) is 3.12. The SMILES string of the molecule is Cc1cc(N)cc2[nH]c(-c3ccccc3)nc12. The molecule has 0 aliphatic heterocycles. The zero-order chi connectivity index (χ0) is 11.8. The van der Waals surface area contributed by atoms with Gasteiger partial charge in [0.1, 0.15) is 5.82 Å². The molecular weight excluding hydrogens is 210 g/mol. The van der Waals surface area contributed by atoms with Crippen molar-refractivity contribution in [3.63, 3.8) is 0 Å². The summed E-state index contributed by atoms with van der Waals surface area (Å²) >= 11 is 0. The van der Waals surface area contributed by atoms with Crippen molar-refractivity contribution < 1.29 is 0 Å². The molecule has 84 valence electrons. The molecule has 1 aromatic heterocycles. The number of fused-ring (bicyclic) bond motifs is 1. The molecule has 0 aliphatic rings. The first-order chi connectivity index (χ1) is 8.24. The standard InChI is InChI=1S/C14H13N3/c1-9-7-11(15)8-12-13(9)17-14(16-12)10-5-3-2-4-6-10/h2-8H,15H2,1H3,(H,16,17). The van der Waals surface area contributed by atoms with Crippen molar-refractivity contribution in [2.45, 2.75) is 6.92 Å². The molecule has 0 bridgehead atoms. The van der Waals surface area contributed by atoms with E-state index >= 15 is 0 Å². The van der Waals surface area contributed by atoms with Gasteiger partial charge in [0.15, 0.2) is 0 Å². The van der Waals surface area contributed by atoms with Crippen LogP contribution in [0, 0.1) is 6.92 Å². The first-order valence-electron chi connectivity index (χ1n) is 5.55. The summed E-state index contributed by atoms with van der Waals surface area (Å²) in [6, 6.07) is 13.9. The number of nitrogens with two attached hydrogens (primary N) is 1. The van der Waals surface area contributed by atoms with Gasteiger partial charge in [-0.15, -0.1) is 0 Å². The molecule has 3 rings (SSSR count). The summed E-state index contributed by atoms with van der Waals surface area (Å²) in [4.78, 5) is 7.91. The van der Waals surface area contributed by atoms with E-state index in [0.29, 0.717) is 0 Å². The lowest BCUT2D eigenvalue weighted by atomic mass is 10.2. The highest BCUT2D eigenvalue weighted by molar-refractivity contribution is 5.85. The zero-order valence-corrected chi connectivity index (χ0v) is 9.57. The normalized spacial score (nSPS) is 10.9. The lowest BCUT2D eigenvalue weighted by Crippen LogP contribution is -1.86. The molecule has 0 saturated carbocycles. The average Bonchev–Trinajstić information content (AvgIpc) is 2.74. The molecule has 3 aromatic rings. The second-order valence-electron chi connectivity index (χ2n) is 4.19. The van der Waals surface area contributed by atoms with Gasteiger partial charge < -0.3 is 10.7 Å². The van der Waals surface area contributed by atoms with Gasteiger partial charge in [0.2, 0.25) is 0 Å². The van der Waals surface area contributed by atoms with Crippen molar-refractivity contribution >= 4 is 16.7 Å². The minimum atomic E-state index is 0.762. The van der Waals surface area contributed by atoms with Gasteiger partial charge in [-0.25, -0.2) is 4.98 Å². The Kier molecular flexibility index (Phi) is 2.11. The van der Waals surface area contributed by atoms with Crippen LogP contribution in [0.3, 0.4) is 0 Å². The number of aromatic nitrogens is 2. The largest absolute Gasteiger partial charge is 0.399 e. The summed E-state index contributed by atoms with van der Waals surface area (Å²) < 4.78 is 0. The van der Waals surface area contributed by atoms with Gasteiger partial charge in [0.05, 0.1) is 11.0 Å². The van der Waals surface area contributed by atoms with Crippen LogP contribution in [-0.2, 0) is 0 Å². The Balaban J connectivity index is 2.24. The van der Waals surface area contributed by atoms with Crippen LogP contribution in [0.1, 0.15) is 5.56 Å². The molecule has 0 radical (unpaired) electrons. The second kappa shape index (κ2) is 3.63. The number of rotatable bonds is 1. The fourth-order valence-corrected chi connectivity index (χ4v) is 2.05. The van der Waals surface area contributed by atoms with Gasteiger partial charge in [-0.05, 0) is 24.6 Å². The molecule has 17 heavy (non-hydrogen) atoms. The van der Waals surface area contributed by atoms with Gasteiger partial charge in [0, 0.05) is 11.3 Å². The van der Waals surface area contributed by atoms with Crippen LogP contribution < -0.4 is 5.73 Å². The number of H-pyrrole nitrogens is 1. The Labute approximate surface area is 99.3 Å². The van der Waals surface area contributed by atoms with Crippen LogP contribution in [0.15, 0.2) is 42.5 Å². The number of aromatic amines is 1. The van der Waals surface area contributed by atoms with Crippen molar-refractivity contribution in [1.29, 1.82) is 0 Å². The third kappa shape index (κ3) is 1.65. The van der Waals surface area contributed by atoms with Crippen LogP contribution >= 0.6 is 0 Å². The molecule has 0 atom stereocenters. The van der Waals surface area contributed by atoms with Gasteiger partial charge >= 0.3 is 0 Å². The zero-order valence-electron chi connectivity index (χ0n) is 9.57. The molecule has 0 amide bonds. The number of nitrogen functional groups attached to an aromatic ring is 1. The first-order valence-corrected chi connectivity index (χ1v) is 5.55. The number of nitrogens with one attached hydrogen (secondary N) is 1. The maximum atomic E-state index is 5.82. The highest BCUT2D eigenvalue weighted by atomic mass is 14.9. The molecule has 3 nitrogen and oxygen atoms in total. The predicted molar refractivity (Wildman–Crippen MR) is 70.7 cm³/mol. The fraction of sp³-hybridized carbons (Fsp3) is 0.0714. The van der Waals surface area contributed by atoms with Gasteiger partial charge in [-0.1, -0.05) is 30.3 Å². The first kappa shape index (κ1) is 9.90. The van der Waals surface area contributed by atoms with E-state index in [1.807, 2.05) is 49.4 Å². The number of hydrogen-bond donors (Lipinski definition) is 2. The molecule has 0 fully saturated rings. The lowest BCUT2D eigenvalue weighted by Gasteiger charge is -1.96. The summed E-state index contributed by atoms with van der Waals surface area (Å²) in [6.07, 6.45) is 0. The molecule has 0 unspecified atom stereocenters. The van der Waals surface area contributed by atoms with Crippen molar-refractivity contribution in [2.24, 2.45) is 0 Å². The fourth-order valence-electron chi connectivity index (χ4n) is 2.05. The number of imidazole rings is 1. The summed E-state index contributed by atoms with van der Waals surface area (Å²) in [7, 11) is 0. The van der Waals surface area contributed by atoms with Crippen molar-refractivity contribution in [3.8, 4) is 11.4 Å². The number of anilines is 1. The Hall–Kier alpha value is -2.29. The molecule has 0 spiro atoms. The quantitative estimate of drug-likeness (QED) is 0.623. The third-order valence-corrected chi connectivity index (χ3v) is 2.85. The summed E-state index contributed by atoms with van der Waals surface area (Å²) in [5.41, 5.74) is 10.7. The number of hydrogen-bond acceptors (Lipinski definition) is 2. The van der Waals surface area contributed by atoms with Crippen LogP contribution in [0.4, 0.5) is 5.69 Å². The van der Waals surface area contributed by atoms with Crippen molar-refractivity contribution in [1.82, 2.24) is 9.97 Å². The Bertz CT molecular complexity index is 669. The minimum Gasteiger partial charge on any atom is -0.399 e. The highest BCUT2D eigenvalue weighted by Crippen LogP contribution is 2.24. The third-order valence-electron chi connectivity index (χ3n) is 2.85. The van der Waals surface area contributed by atoms with Crippen molar-refractivity contribution in [2.75, 3.05) is 5.73 Å². The highest BCUT2D eigenvalue weighted by Gasteiger charge is 2.07. The average molecular weight is 223 g/mol. The maximum absolute atomic E-state index is 5.82. The molecule has 3 heteroatoms. The molecular formula is C14H13N3. The lowest BCUT2D eigenvalue weighted by molar-refractivity contribution is 1.33. The summed E-state index contributed by atoms with van der Waals surface area (Å²) in [5.74, 6) is 0.884. The van der Waals surface area contributed by atoms with E-state index in [9.17, 15) is 0 Å². The van der Waals surface area contributed by atoms with Gasteiger partial charge in [-0.2, -0.15) is 0 Å². The van der Waals surface area contributed by atoms with E-state index in [-0.39, 0.29) is 0 Å². The molecule has 0 aliphatic carbocycles. The van der Waals surface area contributed by atoms with Crippen LogP contribution in [0.25, 0.3) is 22.4 Å². The molecule has 3 N–H and O–H groups in total. The van der Waals surface area contributed by atoms with Crippen LogP contribution in [0.5, 0.6) is 0 Å². The molecule has 0 saturated heterocycles. The number of aryl methyl sites for hydroxylation is 1. The molecule has 1 heterocycles. The van der Waals surface area contributed by atoms with E-state index in [1.54, 1.807) is 0 Å². The summed E-state index contributed by atoms with van der Waals surface area (Å²) in [6.45, 7) is 2.02. The second-order valence-corrected chi connectivity index (χ2v) is 4.19. The monoisotopic (exact) mass is 223 g/mol. The van der Waals surface area contributed by atoms with E-state index in [4.69, 9.17) is 5.73 Å². The van der Waals surface area contributed by atoms with Crippen molar-refractivity contribution in [3.05, 3.63) is 48.0 Å². The van der Waals surface area contributed by atoms with Gasteiger partial charge in [0.25, 0.3) is 0 Å². The van der Waals surface area contributed by atoms with Crippen LogP contribution in [-0.4, -0.2) is 9.97 Å². The topological polar surface area (TPSA) is 54.7 Å². The Morgan fingerprint density at radius 1 is 1.12 bits per heavy atom.